The average molecular weight is 694 g/mol. The van der Waals surface area contributed by atoms with E-state index in [9.17, 15) is 35.9 Å². The first-order valence-electron chi connectivity index (χ1n) is 14.7. The highest BCUT2D eigenvalue weighted by molar-refractivity contribution is 5.95. The Hall–Kier alpha value is -4.26. The van der Waals surface area contributed by atoms with Gasteiger partial charge in [0.05, 0.1) is 26.1 Å². The molecule has 0 unspecified atom stereocenters. The normalized spacial score (nSPS) is 15.5. The third kappa shape index (κ3) is 28.9. The zero-order chi connectivity index (χ0) is 36.3. The van der Waals surface area contributed by atoms with Crippen LogP contribution in [0.2, 0.25) is 0 Å². The first-order chi connectivity index (χ1) is 21.9. The molecule has 1 aliphatic heterocycles. The van der Waals surface area contributed by atoms with Crippen molar-refractivity contribution in [2.24, 2.45) is 21.5 Å². The van der Waals surface area contributed by atoms with Crippen LogP contribution in [0.5, 0.6) is 0 Å². The van der Waals surface area contributed by atoms with Gasteiger partial charge in [-0.15, -0.1) is 0 Å². The first kappa shape index (κ1) is 44.9. The summed E-state index contributed by atoms with van der Waals surface area (Å²) in [7, 11) is 0. The number of cyclic esters (lactones) is 1. The zero-order valence-electron chi connectivity index (χ0n) is 26.2. The van der Waals surface area contributed by atoms with Gasteiger partial charge in [0, 0.05) is 19.6 Å². The summed E-state index contributed by atoms with van der Waals surface area (Å²) in [5.41, 5.74) is 11.6. The van der Waals surface area contributed by atoms with Gasteiger partial charge >= 0.3 is 36.3 Å². The van der Waals surface area contributed by atoms with Crippen molar-refractivity contribution in [1.82, 2.24) is 15.5 Å². The van der Waals surface area contributed by atoms with Crippen molar-refractivity contribution < 1.29 is 60.5 Å². The van der Waals surface area contributed by atoms with Crippen molar-refractivity contribution in [1.29, 1.82) is 0 Å². The molecular weight excluding hydrogens is 648 g/mol. The summed E-state index contributed by atoms with van der Waals surface area (Å²) in [5, 5.41) is 20.0. The van der Waals surface area contributed by atoms with E-state index in [1.807, 2.05) is 19.1 Å². The van der Waals surface area contributed by atoms with E-state index in [-0.39, 0.29) is 30.9 Å². The molecule has 0 saturated carbocycles. The minimum atomic E-state index is -5.08. The molecular formula is C27H45F6N7O7. The molecule has 47 heavy (non-hydrogen) atoms. The average Bonchev–Trinajstić information content (AvgIpc) is 2.96. The van der Waals surface area contributed by atoms with Crippen LogP contribution >= 0.6 is 0 Å². The Morgan fingerprint density at radius 1 is 1.00 bits per heavy atom. The van der Waals surface area contributed by atoms with Crippen molar-refractivity contribution in [2.75, 3.05) is 39.3 Å². The summed E-state index contributed by atoms with van der Waals surface area (Å²) in [4.78, 5) is 51.9. The summed E-state index contributed by atoms with van der Waals surface area (Å²) in [6.45, 7) is 5.36. The third-order valence-electron chi connectivity index (χ3n) is 5.70. The summed E-state index contributed by atoms with van der Waals surface area (Å²) in [6, 6.07) is -0.226. The lowest BCUT2D eigenvalue weighted by Gasteiger charge is -2.23. The van der Waals surface area contributed by atoms with E-state index in [2.05, 4.69) is 20.6 Å². The Morgan fingerprint density at radius 3 is 2.11 bits per heavy atom. The van der Waals surface area contributed by atoms with E-state index in [1.54, 1.807) is 4.90 Å². The third-order valence-corrected chi connectivity index (χ3v) is 5.70. The van der Waals surface area contributed by atoms with E-state index in [0.717, 1.165) is 64.3 Å². The highest BCUT2D eigenvalue weighted by Gasteiger charge is 2.38. The number of aliphatic carboxylic acids is 2. The number of carboxylic acid groups (broad SMARTS) is 2. The summed E-state index contributed by atoms with van der Waals surface area (Å²) >= 11 is 0. The first-order valence-corrected chi connectivity index (χ1v) is 14.7. The Bertz CT molecular complexity index is 999. The van der Waals surface area contributed by atoms with E-state index < -0.39 is 24.3 Å². The van der Waals surface area contributed by atoms with Crippen molar-refractivity contribution >= 4 is 35.9 Å². The maximum Gasteiger partial charge on any atom is 0.490 e. The summed E-state index contributed by atoms with van der Waals surface area (Å²) < 4.78 is 68.6. The SMILES string of the molecule is C/C=C/CN=C(N)NCCCCCCCCN1CCCCCOC(=O)CCN=C(N)NC1=O.O=C(O)C(F)(F)F.O=C(O)C(F)(F)F. The number of unbranched alkanes of at least 4 members (excludes halogenated alkanes) is 5. The number of alkyl halides is 6. The molecule has 2 amide bonds. The number of amides is 2. The number of nitrogens with zero attached hydrogens (tertiary/aromatic N) is 3. The molecule has 0 atom stereocenters. The number of carboxylic acids is 2. The van der Waals surface area contributed by atoms with Crippen LogP contribution in [0.25, 0.3) is 0 Å². The maximum atomic E-state index is 12.6. The van der Waals surface area contributed by atoms with Crippen LogP contribution in [0.4, 0.5) is 31.1 Å². The van der Waals surface area contributed by atoms with Gasteiger partial charge in [0.15, 0.2) is 11.9 Å². The molecule has 8 N–H and O–H groups in total. The quantitative estimate of drug-likeness (QED) is 0.0461. The topological polar surface area (TPSA) is 222 Å². The number of ether oxygens (including phenoxy) is 1. The van der Waals surface area contributed by atoms with Crippen LogP contribution in [0.1, 0.15) is 71.1 Å². The summed E-state index contributed by atoms with van der Waals surface area (Å²) in [6.07, 6.45) is 2.97. The second-order valence-electron chi connectivity index (χ2n) is 9.66. The van der Waals surface area contributed by atoms with Gasteiger partial charge in [-0.1, -0.05) is 37.8 Å². The second-order valence-corrected chi connectivity index (χ2v) is 9.66. The molecule has 0 aromatic carbocycles. The van der Waals surface area contributed by atoms with Gasteiger partial charge in [0.1, 0.15) is 0 Å². The van der Waals surface area contributed by atoms with E-state index in [1.165, 1.54) is 0 Å². The Morgan fingerprint density at radius 2 is 1.55 bits per heavy atom. The number of esters is 1. The van der Waals surface area contributed by atoms with Crippen molar-refractivity contribution in [3.8, 4) is 0 Å². The van der Waals surface area contributed by atoms with E-state index in [4.69, 9.17) is 36.0 Å². The Labute approximate surface area is 268 Å². The van der Waals surface area contributed by atoms with Crippen LogP contribution in [0.15, 0.2) is 22.1 Å². The van der Waals surface area contributed by atoms with Gasteiger partial charge in [0.25, 0.3) is 0 Å². The van der Waals surface area contributed by atoms with Crippen LogP contribution in [0, 0.1) is 0 Å². The molecule has 0 aromatic heterocycles. The van der Waals surface area contributed by atoms with E-state index in [0.29, 0.717) is 32.2 Å². The fraction of sp³-hybridized carbons (Fsp3) is 0.704. The number of hydrogen-bond donors (Lipinski definition) is 6. The van der Waals surface area contributed by atoms with Gasteiger partial charge in [0.2, 0.25) is 0 Å². The van der Waals surface area contributed by atoms with Crippen LogP contribution < -0.4 is 22.1 Å². The lowest BCUT2D eigenvalue weighted by Crippen LogP contribution is -2.46. The molecule has 272 valence electrons. The van der Waals surface area contributed by atoms with Gasteiger partial charge in [-0.2, -0.15) is 26.3 Å². The Balaban J connectivity index is 0. The number of nitrogens with two attached hydrogens (primary N) is 2. The lowest BCUT2D eigenvalue weighted by molar-refractivity contribution is -0.193. The predicted molar refractivity (Wildman–Crippen MR) is 160 cm³/mol. The number of urea groups is 1. The minimum Gasteiger partial charge on any atom is -0.475 e. The highest BCUT2D eigenvalue weighted by atomic mass is 19.4. The van der Waals surface area contributed by atoms with Crippen LogP contribution in [0.3, 0.4) is 0 Å². The molecule has 1 rings (SSSR count). The minimum absolute atomic E-state index is 0.0379. The maximum absolute atomic E-state index is 12.6. The number of allylic oxidation sites excluding steroid dienone is 1. The van der Waals surface area contributed by atoms with Crippen LogP contribution in [-0.4, -0.2) is 103 Å². The van der Waals surface area contributed by atoms with Gasteiger partial charge in [-0.05, 0) is 39.0 Å². The molecule has 0 spiro atoms. The van der Waals surface area contributed by atoms with Crippen molar-refractivity contribution in [2.45, 2.75) is 83.5 Å². The van der Waals surface area contributed by atoms with Crippen molar-refractivity contribution in [3.63, 3.8) is 0 Å². The van der Waals surface area contributed by atoms with Gasteiger partial charge in [-0.25, -0.2) is 19.4 Å². The zero-order valence-corrected chi connectivity index (χ0v) is 26.2. The van der Waals surface area contributed by atoms with E-state index >= 15 is 0 Å². The molecule has 0 aromatic rings. The number of carbonyl (C=O) groups excluding carboxylic acids is 2. The predicted octanol–water partition coefficient (Wildman–Crippen LogP) is 3.52. The standard InChI is InChI=1S/C23H43N7O3.2C2HF3O2/c1-2-3-14-26-21(24)27-15-9-6-4-5-7-10-17-30-18-11-8-12-19-33-20(31)13-16-28-22(25)29-23(30)32;2*3-2(4,5)1(6)7/h2-3H,4-19H2,1H3,(H3,24,26,27)(H3,25,28,29,32);2*(H,6,7)/b3-2+;;. The van der Waals surface area contributed by atoms with Gasteiger partial charge in [-0.3, -0.25) is 15.1 Å². The number of carbonyl (C=O) groups is 4. The molecule has 1 aliphatic rings. The highest BCUT2D eigenvalue weighted by Crippen LogP contribution is 2.14. The molecule has 20 heteroatoms. The molecule has 0 fully saturated rings. The second kappa shape index (κ2) is 25.9. The van der Waals surface area contributed by atoms with Crippen LogP contribution in [-0.2, 0) is 19.1 Å². The van der Waals surface area contributed by atoms with Gasteiger partial charge < -0.3 is 36.6 Å². The largest absolute Gasteiger partial charge is 0.490 e. The molecule has 0 radical (unpaired) electrons. The molecule has 1 heterocycles. The summed E-state index contributed by atoms with van der Waals surface area (Å²) in [5.74, 6) is -5.27. The number of guanidine groups is 2. The molecule has 0 aliphatic carbocycles. The number of halogens is 6. The van der Waals surface area contributed by atoms with Crippen molar-refractivity contribution in [3.05, 3.63) is 12.2 Å². The molecule has 14 nitrogen and oxygen atoms in total. The lowest BCUT2D eigenvalue weighted by atomic mass is 10.1. The fourth-order valence-electron chi connectivity index (χ4n) is 3.31. The molecule has 0 saturated heterocycles. The monoisotopic (exact) mass is 693 g/mol. The Kier molecular flexibility index (Phi) is 24.7. The number of aliphatic imine (C=N–C) groups is 2. The number of nitrogens with one attached hydrogen (secondary N) is 2. The smallest absolute Gasteiger partial charge is 0.475 e. The molecule has 0 bridgehead atoms. The fourth-order valence-corrected chi connectivity index (χ4v) is 3.31. The number of rotatable bonds is 11. The number of hydrogen-bond acceptors (Lipinski definition) is 8.